The van der Waals surface area contributed by atoms with Crippen molar-refractivity contribution in [2.45, 2.75) is 0 Å². The van der Waals surface area contributed by atoms with Gasteiger partial charge in [-0.3, -0.25) is 13.3 Å². The third kappa shape index (κ3) is 7.98. The molecule has 0 aromatic rings. The van der Waals surface area contributed by atoms with Crippen molar-refractivity contribution in [3.63, 3.8) is 0 Å². The van der Waals surface area contributed by atoms with Gasteiger partial charge >= 0.3 is 11.4 Å². The van der Waals surface area contributed by atoms with Gasteiger partial charge in [-0.05, 0) is 0 Å². The van der Waals surface area contributed by atoms with Crippen LogP contribution in [-0.2, 0) is 25.7 Å². The standard InChI is InChI=1S/C2H6O6S2/c3-9(4)8-1-2-10(5,6)7/h1-2H2,(H,3,4)(H,5,6,7). The molecule has 8 heteroatoms. The molecule has 0 aromatic carbocycles. The Morgan fingerprint density at radius 3 is 2.30 bits per heavy atom. The van der Waals surface area contributed by atoms with Crippen molar-refractivity contribution in [2.75, 3.05) is 12.4 Å². The maximum absolute atomic E-state index is 9.91. The minimum absolute atomic E-state index is 0.498. The summed E-state index contributed by atoms with van der Waals surface area (Å²) in [6.45, 7) is -0.498. The highest BCUT2D eigenvalue weighted by Crippen LogP contribution is 1.84. The van der Waals surface area contributed by atoms with Crippen molar-refractivity contribution in [1.29, 1.82) is 0 Å². The van der Waals surface area contributed by atoms with E-state index in [0.717, 1.165) is 0 Å². The Labute approximate surface area is 60.4 Å². The lowest BCUT2D eigenvalue weighted by Crippen LogP contribution is -2.11. The summed E-state index contributed by atoms with van der Waals surface area (Å²) in [6, 6.07) is 0. The van der Waals surface area contributed by atoms with Crippen molar-refractivity contribution in [2.24, 2.45) is 0 Å². The number of rotatable bonds is 4. The first-order valence-electron chi connectivity index (χ1n) is 2.11. The molecular formula is C2H6O6S2. The van der Waals surface area contributed by atoms with E-state index in [1.54, 1.807) is 0 Å². The van der Waals surface area contributed by atoms with E-state index in [1.165, 1.54) is 0 Å². The first-order chi connectivity index (χ1) is 4.42. The normalized spacial score (nSPS) is 15.0. The van der Waals surface area contributed by atoms with Crippen LogP contribution in [0.5, 0.6) is 0 Å². The molecule has 0 fully saturated rings. The summed E-state index contributed by atoms with van der Waals surface area (Å²) in [7, 11) is -4.09. The van der Waals surface area contributed by atoms with Gasteiger partial charge in [0.2, 0.25) is 0 Å². The van der Waals surface area contributed by atoms with E-state index < -0.39 is 33.8 Å². The van der Waals surface area contributed by atoms with E-state index in [-0.39, 0.29) is 0 Å². The number of hydrogen-bond donors (Lipinski definition) is 2. The average Bonchev–Trinajstić information content (AvgIpc) is 1.59. The Morgan fingerprint density at radius 1 is 1.50 bits per heavy atom. The molecular weight excluding hydrogens is 184 g/mol. The molecule has 0 spiro atoms. The smallest absolute Gasteiger partial charge is 0.285 e. The van der Waals surface area contributed by atoms with Crippen molar-refractivity contribution in [1.82, 2.24) is 0 Å². The number of hydrogen-bond acceptors (Lipinski definition) is 4. The van der Waals surface area contributed by atoms with Gasteiger partial charge in [-0.1, -0.05) is 0 Å². The van der Waals surface area contributed by atoms with Crippen LogP contribution in [0.3, 0.4) is 0 Å². The summed E-state index contributed by atoms with van der Waals surface area (Å²) in [5, 5.41) is 0. The predicted octanol–water partition coefficient (Wildman–Crippen LogP) is -0.972. The molecule has 0 rings (SSSR count). The maximum Gasteiger partial charge on any atom is 0.301 e. The third-order valence-corrected chi connectivity index (χ3v) is 1.58. The highest BCUT2D eigenvalue weighted by molar-refractivity contribution is 7.85. The summed E-state index contributed by atoms with van der Waals surface area (Å²) < 4.78 is 49.4. The molecule has 0 amide bonds. The monoisotopic (exact) mass is 190 g/mol. The molecule has 0 aliphatic rings. The van der Waals surface area contributed by atoms with Crippen LogP contribution in [0.1, 0.15) is 0 Å². The Kier molecular flexibility index (Phi) is 3.98. The van der Waals surface area contributed by atoms with E-state index >= 15 is 0 Å². The van der Waals surface area contributed by atoms with Crippen molar-refractivity contribution in [3.8, 4) is 0 Å². The summed E-state index contributed by atoms with van der Waals surface area (Å²) in [6.07, 6.45) is 0. The SMILES string of the molecule is O=S(O)OCCS(=O)(=O)O. The van der Waals surface area contributed by atoms with E-state index in [0.29, 0.717) is 0 Å². The zero-order chi connectivity index (χ0) is 8.20. The molecule has 1 atom stereocenters. The van der Waals surface area contributed by atoms with E-state index in [4.69, 9.17) is 9.11 Å². The lowest BCUT2D eigenvalue weighted by atomic mass is 10.9. The first-order valence-corrected chi connectivity index (χ1v) is 4.75. The third-order valence-electron chi connectivity index (χ3n) is 0.525. The first kappa shape index (κ1) is 9.98. The van der Waals surface area contributed by atoms with Crippen molar-refractivity contribution in [3.05, 3.63) is 0 Å². The molecule has 2 N–H and O–H groups in total. The summed E-state index contributed by atoms with van der Waals surface area (Å²) in [5.74, 6) is -0.681. The predicted molar refractivity (Wildman–Crippen MR) is 33.1 cm³/mol. The quantitative estimate of drug-likeness (QED) is 0.437. The summed E-state index contributed by atoms with van der Waals surface area (Å²) in [5.41, 5.74) is 0. The minimum atomic E-state index is -4.09. The lowest BCUT2D eigenvalue weighted by molar-refractivity contribution is 0.322. The molecule has 0 saturated heterocycles. The van der Waals surface area contributed by atoms with Crippen molar-refractivity contribution >= 4 is 21.5 Å². The zero-order valence-electron chi connectivity index (χ0n) is 4.76. The minimum Gasteiger partial charge on any atom is -0.285 e. The van der Waals surface area contributed by atoms with Gasteiger partial charge < -0.3 is 0 Å². The second-order valence-electron chi connectivity index (χ2n) is 1.33. The fourth-order valence-electron chi connectivity index (χ4n) is 0.211. The van der Waals surface area contributed by atoms with Gasteiger partial charge in [0.25, 0.3) is 10.1 Å². The summed E-state index contributed by atoms with van der Waals surface area (Å²) in [4.78, 5) is 0. The molecule has 0 aromatic heterocycles. The molecule has 0 aliphatic carbocycles. The van der Waals surface area contributed by atoms with E-state index in [2.05, 4.69) is 4.18 Å². The van der Waals surface area contributed by atoms with Crippen LogP contribution < -0.4 is 0 Å². The van der Waals surface area contributed by atoms with Gasteiger partial charge in [-0.15, -0.1) is 0 Å². The van der Waals surface area contributed by atoms with Crippen LogP contribution in [0.2, 0.25) is 0 Å². The van der Waals surface area contributed by atoms with Gasteiger partial charge in [0.1, 0.15) is 5.75 Å². The second-order valence-corrected chi connectivity index (χ2v) is 3.57. The van der Waals surface area contributed by atoms with Crippen LogP contribution in [0.4, 0.5) is 0 Å². The summed E-state index contributed by atoms with van der Waals surface area (Å²) >= 11 is -2.48. The Balaban J connectivity index is 3.49. The highest BCUT2D eigenvalue weighted by Gasteiger charge is 2.04. The second kappa shape index (κ2) is 3.98. The average molecular weight is 190 g/mol. The molecule has 62 valence electrons. The Morgan fingerprint density at radius 2 is 2.00 bits per heavy atom. The molecule has 0 saturated carbocycles. The van der Waals surface area contributed by atoms with E-state index in [9.17, 15) is 12.6 Å². The van der Waals surface area contributed by atoms with Gasteiger partial charge in [-0.25, -0.2) is 0 Å². The molecule has 0 radical (unpaired) electrons. The van der Waals surface area contributed by atoms with Crippen LogP contribution in [-0.4, -0.2) is 34.1 Å². The zero-order valence-corrected chi connectivity index (χ0v) is 6.39. The van der Waals surface area contributed by atoms with Gasteiger partial charge in [0.05, 0.1) is 6.61 Å². The Bertz CT molecular complexity index is 204. The van der Waals surface area contributed by atoms with E-state index in [1.807, 2.05) is 0 Å². The van der Waals surface area contributed by atoms with Crippen LogP contribution >= 0.6 is 0 Å². The van der Waals surface area contributed by atoms with Crippen molar-refractivity contribution < 1.29 is 25.9 Å². The fourth-order valence-corrected chi connectivity index (χ4v) is 0.836. The molecule has 0 aliphatic heterocycles. The molecule has 1 unspecified atom stereocenters. The fraction of sp³-hybridized carbons (Fsp3) is 1.00. The Hall–Kier alpha value is -0.0200. The highest BCUT2D eigenvalue weighted by atomic mass is 32.2. The van der Waals surface area contributed by atoms with Gasteiger partial charge in [0.15, 0.2) is 0 Å². The van der Waals surface area contributed by atoms with Gasteiger partial charge in [-0.2, -0.15) is 12.6 Å². The lowest BCUT2D eigenvalue weighted by Gasteiger charge is -1.94. The molecule has 0 heterocycles. The van der Waals surface area contributed by atoms with Crippen LogP contribution in [0.15, 0.2) is 0 Å². The molecule has 6 nitrogen and oxygen atoms in total. The largest absolute Gasteiger partial charge is 0.301 e. The molecule has 0 bridgehead atoms. The topological polar surface area (TPSA) is 101 Å². The molecule has 10 heavy (non-hydrogen) atoms. The van der Waals surface area contributed by atoms with Gasteiger partial charge in [0, 0.05) is 0 Å². The maximum atomic E-state index is 9.91. The van der Waals surface area contributed by atoms with Crippen LogP contribution in [0, 0.1) is 0 Å². The van der Waals surface area contributed by atoms with Crippen LogP contribution in [0.25, 0.3) is 0 Å².